The van der Waals surface area contributed by atoms with Crippen molar-refractivity contribution in [3.63, 3.8) is 0 Å². The van der Waals surface area contributed by atoms with Crippen molar-refractivity contribution < 1.29 is 4.79 Å². The lowest BCUT2D eigenvalue weighted by atomic mass is 9.84. The van der Waals surface area contributed by atoms with Gasteiger partial charge in [0.2, 0.25) is 0 Å². The number of carbonyl (C=O) groups is 1. The van der Waals surface area contributed by atoms with E-state index in [9.17, 15) is 4.79 Å². The van der Waals surface area contributed by atoms with Gasteiger partial charge in [0.05, 0.1) is 0 Å². The molecular weight excluding hydrogens is 258 g/mol. The molecule has 1 N–H and O–H groups in total. The molecule has 108 valence electrons. The van der Waals surface area contributed by atoms with Crippen LogP contribution < -0.4 is 5.32 Å². The molecule has 2 aromatic rings. The Morgan fingerprint density at radius 1 is 1.05 bits per heavy atom. The molecule has 1 aliphatic heterocycles. The minimum absolute atomic E-state index is 0.355. The van der Waals surface area contributed by atoms with E-state index in [1.54, 1.807) is 0 Å². The summed E-state index contributed by atoms with van der Waals surface area (Å²) in [5.41, 5.74) is 4.65. The van der Waals surface area contributed by atoms with Gasteiger partial charge in [-0.1, -0.05) is 54.1 Å². The molecule has 3 rings (SSSR count). The summed E-state index contributed by atoms with van der Waals surface area (Å²) in [5.74, 6) is 0.355. The summed E-state index contributed by atoms with van der Waals surface area (Å²) in [6.07, 6.45) is 3.34. The third kappa shape index (κ3) is 3.06. The highest BCUT2D eigenvalue weighted by molar-refractivity contribution is 5.74. The molecule has 1 fully saturated rings. The lowest BCUT2D eigenvalue weighted by Gasteiger charge is -2.25. The van der Waals surface area contributed by atoms with Crippen molar-refractivity contribution in [2.24, 2.45) is 0 Å². The number of aldehydes is 1. The van der Waals surface area contributed by atoms with E-state index in [-0.39, 0.29) is 0 Å². The summed E-state index contributed by atoms with van der Waals surface area (Å²) in [6, 6.07) is 17.3. The normalized spacial score (nSPS) is 19.4. The summed E-state index contributed by atoms with van der Waals surface area (Å²) in [5, 5.41) is 3.63. The van der Waals surface area contributed by atoms with Gasteiger partial charge >= 0.3 is 0 Å². The van der Waals surface area contributed by atoms with Gasteiger partial charge in [0.1, 0.15) is 6.29 Å². The number of hydrogen-bond acceptors (Lipinski definition) is 2. The molecule has 1 unspecified atom stereocenters. The van der Waals surface area contributed by atoms with Crippen molar-refractivity contribution in [2.45, 2.75) is 31.7 Å². The second kappa shape index (κ2) is 6.23. The molecule has 21 heavy (non-hydrogen) atoms. The standard InChI is InChI=1S/C19H21NO/c1-14-4-8-16(9-5-14)19(18-3-2-12-20-18)17-10-6-15(13-21)7-11-17/h4-11,13,18-20H,2-3,12H2,1H3/t18?,19-/m1/s1. The van der Waals surface area contributed by atoms with E-state index in [1.165, 1.54) is 29.5 Å². The average Bonchev–Trinajstić information content (AvgIpc) is 3.04. The maximum atomic E-state index is 10.8. The number of rotatable bonds is 4. The van der Waals surface area contributed by atoms with E-state index in [0.717, 1.165) is 18.4 Å². The van der Waals surface area contributed by atoms with Crippen LogP contribution in [0.4, 0.5) is 0 Å². The van der Waals surface area contributed by atoms with Crippen LogP contribution in [0.2, 0.25) is 0 Å². The molecule has 2 aromatic carbocycles. The Morgan fingerprint density at radius 2 is 1.67 bits per heavy atom. The quantitative estimate of drug-likeness (QED) is 0.865. The zero-order valence-corrected chi connectivity index (χ0v) is 12.4. The Morgan fingerprint density at radius 3 is 2.19 bits per heavy atom. The van der Waals surface area contributed by atoms with Gasteiger partial charge in [-0.25, -0.2) is 0 Å². The van der Waals surface area contributed by atoms with Crippen molar-refractivity contribution in [1.29, 1.82) is 0 Å². The maximum absolute atomic E-state index is 10.8. The highest BCUT2D eigenvalue weighted by atomic mass is 16.1. The van der Waals surface area contributed by atoms with Crippen LogP contribution in [0.5, 0.6) is 0 Å². The van der Waals surface area contributed by atoms with Crippen molar-refractivity contribution in [3.8, 4) is 0 Å². The van der Waals surface area contributed by atoms with Gasteiger partial charge in [-0.05, 0) is 37.4 Å². The fourth-order valence-electron chi connectivity index (χ4n) is 3.21. The molecule has 0 aromatic heterocycles. The fourth-order valence-corrected chi connectivity index (χ4v) is 3.21. The predicted octanol–water partition coefficient (Wildman–Crippen LogP) is 3.69. The second-order valence-corrected chi connectivity index (χ2v) is 5.88. The lowest BCUT2D eigenvalue weighted by molar-refractivity contribution is 0.112. The first kappa shape index (κ1) is 14.0. The average molecular weight is 279 g/mol. The summed E-state index contributed by atoms with van der Waals surface area (Å²) in [4.78, 5) is 10.8. The Kier molecular flexibility index (Phi) is 4.16. The SMILES string of the molecule is Cc1ccc([C@H](c2ccc(C=O)cc2)C2CCCN2)cc1. The molecule has 0 spiro atoms. The minimum Gasteiger partial charge on any atom is -0.313 e. The smallest absolute Gasteiger partial charge is 0.150 e. The topological polar surface area (TPSA) is 29.1 Å². The molecule has 1 heterocycles. The zero-order chi connectivity index (χ0) is 14.7. The summed E-state index contributed by atoms with van der Waals surface area (Å²) in [6.45, 7) is 3.21. The molecule has 2 heteroatoms. The summed E-state index contributed by atoms with van der Waals surface area (Å²) >= 11 is 0. The first-order valence-corrected chi connectivity index (χ1v) is 7.63. The maximum Gasteiger partial charge on any atom is 0.150 e. The molecule has 2 nitrogen and oxygen atoms in total. The highest BCUT2D eigenvalue weighted by Gasteiger charge is 2.27. The van der Waals surface area contributed by atoms with E-state index < -0.39 is 0 Å². The van der Waals surface area contributed by atoms with Gasteiger partial charge in [-0.2, -0.15) is 0 Å². The Labute approximate surface area is 126 Å². The number of nitrogens with one attached hydrogen (secondary N) is 1. The van der Waals surface area contributed by atoms with E-state index in [1.807, 2.05) is 12.1 Å². The van der Waals surface area contributed by atoms with Crippen LogP contribution in [0, 0.1) is 6.92 Å². The monoisotopic (exact) mass is 279 g/mol. The molecule has 1 saturated heterocycles. The van der Waals surface area contributed by atoms with Crippen molar-refractivity contribution in [3.05, 3.63) is 70.8 Å². The van der Waals surface area contributed by atoms with E-state index in [0.29, 0.717) is 12.0 Å². The van der Waals surface area contributed by atoms with Crippen LogP contribution in [0.3, 0.4) is 0 Å². The van der Waals surface area contributed by atoms with Crippen LogP contribution in [0.15, 0.2) is 48.5 Å². The van der Waals surface area contributed by atoms with Gasteiger partial charge in [-0.15, -0.1) is 0 Å². The molecular formula is C19H21NO. The highest BCUT2D eigenvalue weighted by Crippen LogP contribution is 2.32. The first-order valence-electron chi connectivity index (χ1n) is 7.63. The number of aryl methyl sites for hydroxylation is 1. The largest absolute Gasteiger partial charge is 0.313 e. The zero-order valence-electron chi connectivity index (χ0n) is 12.4. The Hall–Kier alpha value is -1.93. The third-order valence-corrected chi connectivity index (χ3v) is 4.37. The fraction of sp³-hybridized carbons (Fsp3) is 0.316. The summed E-state index contributed by atoms with van der Waals surface area (Å²) < 4.78 is 0. The molecule has 2 atom stereocenters. The first-order chi connectivity index (χ1) is 10.3. The molecule has 0 radical (unpaired) electrons. The van der Waals surface area contributed by atoms with Crippen LogP contribution >= 0.6 is 0 Å². The Bertz CT molecular complexity index is 594. The van der Waals surface area contributed by atoms with E-state index in [4.69, 9.17) is 0 Å². The molecule has 0 amide bonds. The molecule has 0 aliphatic carbocycles. The Balaban J connectivity index is 1.98. The van der Waals surface area contributed by atoms with Crippen LogP contribution in [-0.4, -0.2) is 18.9 Å². The van der Waals surface area contributed by atoms with Gasteiger partial charge < -0.3 is 5.32 Å². The van der Waals surface area contributed by atoms with E-state index in [2.05, 4.69) is 48.6 Å². The van der Waals surface area contributed by atoms with Crippen molar-refractivity contribution in [2.75, 3.05) is 6.54 Å². The minimum atomic E-state index is 0.355. The summed E-state index contributed by atoms with van der Waals surface area (Å²) in [7, 11) is 0. The van der Waals surface area contributed by atoms with Crippen LogP contribution in [0.25, 0.3) is 0 Å². The van der Waals surface area contributed by atoms with Gasteiger partial charge in [0.25, 0.3) is 0 Å². The lowest BCUT2D eigenvalue weighted by Crippen LogP contribution is -2.29. The van der Waals surface area contributed by atoms with Crippen molar-refractivity contribution >= 4 is 6.29 Å². The third-order valence-electron chi connectivity index (χ3n) is 4.37. The molecule has 1 aliphatic rings. The van der Waals surface area contributed by atoms with E-state index >= 15 is 0 Å². The van der Waals surface area contributed by atoms with Gasteiger partial charge in [0, 0.05) is 17.5 Å². The number of hydrogen-bond donors (Lipinski definition) is 1. The van der Waals surface area contributed by atoms with Crippen LogP contribution in [-0.2, 0) is 0 Å². The number of benzene rings is 2. The second-order valence-electron chi connectivity index (χ2n) is 5.88. The van der Waals surface area contributed by atoms with Crippen molar-refractivity contribution in [1.82, 2.24) is 5.32 Å². The molecule has 0 bridgehead atoms. The van der Waals surface area contributed by atoms with Crippen LogP contribution in [0.1, 0.15) is 45.8 Å². The predicted molar refractivity (Wildman–Crippen MR) is 85.9 cm³/mol. The van der Waals surface area contributed by atoms with Gasteiger partial charge in [0.15, 0.2) is 0 Å². The molecule has 0 saturated carbocycles. The number of carbonyl (C=O) groups excluding carboxylic acids is 1. The van der Waals surface area contributed by atoms with Gasteiger partial charge in [-0.3, -0.25) is 4.79 Å².